The summed E-state index contributed by atoms with van der Waals surface area (Å²) in [5, 5.41) is 3.55. The second kappa shape index (κ2) is 13.7. The molecule has 2 amide bonds. The molecule has 0 aromatic heterocycles. The number of anilines is 1. The highest BCUT2D eigenvalue weighted by Gasteiger charge is 2.34. The topological polar surface area (TPSA) is 86.8 Å². The fourth-order valence-corrected chi connectivity index (χ4v) is 6.03. The van der Waals surface area contributed by atoms with Gasteiger partial charge in [-0.2, -0.15) is 0 Å². The van der Waals surface area contributed by atoms with Gasteiger partial charge in [0, 0.05) is 39.1 Å². The van der Waals surface area contributed by atoms with Gasteiger partial charge in [-0.25, -0.2) is 8.42 Å². The Labute approximate surface area is 248 Å². The van der Waals surface area contributed by atoms with Crippen molar-refractivity contribution in [3.05, 3.63) is 98.4 Å². The van der Waals surface area contributed by atoms with E-state index in [-0.39, 0.29) is 24.9 Å². The third kappa shape index (κ3) is 8.45. The second-order valence-electron chi connectivity index (χ2n) is 9.31. The number of hydrogen-bond acceptors (Lipinski definition) is 4. The molecule has 3 aromatic rings. The third-order valence-electron chi connectivity index (χ3n) is 5.89. The van der Waals surface area contributed by atoms with E-state index >= 15 is 0 Å². The molecule has 0 fully saturated rings. The molecule has 1 atom stereocenters. The summed E-state index contributed by atoms with van der Waals surface area (Å²) in [6.45, 7) is 3.01. The SMILES string of the molecule is CC(C)NC(=O)C(Cc1ccccc1)N(Cc1c(Cl)cccc1Cl)C(=O)CN(c1ccccc1Br)S(C)(=O)=O. The number of para-hydroxylation sites is 1. The normalized spacial score (nSPS) is 12.2. The van der Waals surface area contributed by atoms with Gasteiger partial charge in [-0.15, -0.1) is 0 Å². The lowest BCUT2D eigenvalue weighted by Gasteiger charge is -2.34. The van der Waals surface area contributed by atoms with E-state index in [1.807, 2.05) is 44.2 Å². The first-order chi connectivity index (χ1) is 18.4. The minimum absolute atomic E-state index is 0.103. The van der Waals surface area contributed by atoms with E-state index < -0.39 is 28.5 Å². The van der Waals surface area contributed by atoms with Gasteiger partial charge in [-0.05, 0) is 59.6 Å². The van der Waals surface area contributed by atoms with E-state index in [9.17, 15) is 18.0 Å². The number of nitrogens with one attached hydrogen (secondary N) is 1. The average molecular weight is 655 g/mol. The predicted molar refractivity (Wildman–Crippen MR) is 161 cm³/mol. The highest BCUT2D eigenvalue weighted by molar-refractivity contribution is 9.10. The van der Waals surface area contributed by atoms with Crippen LogP contribution in [0.2, 0.25) is 10.0 Å². The molecule has 0 bridgehead atoms. The van der Waals surface area contributed by atoms with E-state index in [0.29, 0.717) is 25.8 Å². The average Bonchev–Trinajstić information content (AvgIpc) is 2.86. The Morgan fingerprint density at radius 1 is 0.923 bits per heavy atom. The largest absolute Gasteiger partial charge is 0.352 e. The zero-order chi connectivity index (χ0) is 28.7. The number of hydrogen-bond donors (Lipinski definition) is 1. The molecule has 0 aliphatic heterocycles. The fourth-order valence-electron chi connectivity index (χ4n) is 4.04. The Hall–Kier alpha value is -2.59. The molecule has 0 saturated carbocycles. The number of nitrogens with zero attached hydrogens (tertiary/aromatic N) is 2. The van der Waals surface area contributed by atoms with Crippen molar-refractivity contribution in [3.8, 4) is 0 Å². The van der Waals surface area contributed by atoms with Crippen LogP contribution in [0, 0.1) is 0 Å². The van der Waals surface area contributed by atoms with Crippen molar-refractivity contribution < 1.29 is 18.0 Å². The van der Waals surface area contributed by atoms with Gasteiger partial charge in [0.05, 0.1) is 11.9 Å². The van der Waals surface area contributed by atoms with Crippen LogP contribution in [-0.2, 0) is 32.6 Å². The van der Waals surface area contributed by atoms with Crippen molar-refractivity contribution in [1.29, 1.82) is 0 Å². The summed E-state index contributed by atoms with van der Waals surface area (Å²) < 4.78 is 27.2. The lowest BCUT2D eigenvalue weighted by atomic mass is 10.0. The number of benzene rings is 3. The van der Waals surface area contributed by atoms with Crippen molar-refractivity contribution in [3.63, 3.8) is 0 Å². The maximum absolute atomic E-state index is 14.1. The number of carbonyl (C=O) groups is 2. The number of carbonyl (C=O) groups excluding carboxylic acids is 2. The highest BCUT2D eigenvalue weighted by atomic mass is 79.9. The molecular weight excluding hydrogens is 625 g/mol. The molecule has 39 heavy (non-hydrogen) atoms. The van der Waals surface area contributed by atoms with E-state index in [2.05, 4.69) is 21.2 Å². The maximum atomic E-state index is 14.1. The van der Waals surface area contributed by atoms with Crippen LogP contribution in [0.1, 0.15) is 25.0 Å². The zero-order valence-electron chi connectivity index (χ0n) is 21.8. The zero-order valence-corrected chi connectivity index (χ0v) is 25.7. The quantitative estimate of drug-likeness (QED) is 0.288. The summed E-state index contributed by atoms with van der Waals surface area (Å²) in [6, 6.07) is 19.8. The van der Waals surface area contributed by atoms with Gasteiger partial charge in [0.2, 0.25) is 21.8 Å². The van der Waals surface area contributed by atoms with E-state index in [1.54, 1.807) is 42.5 Å². The minimum Gasteiger partial charge on any atom is -0.352 e. The number of amides is 2. The van der Waals surface area contributed by atoms with Crippen molar-refractivity contribution in [2.24, 2.45) is 0 Å². The molecule has 208 valence electrons. The minimum atomic E-state index is -3.88. The molecule has 3 rings (SSSR count). The maximum Gasteiger partial charge on any atom is 0.244 e. The summed E-state index contributed by atoms with van der Waals surface area (Å²) >= 11 is 16.3. The molecule has 0 saturated heterocycles. The molecule has 0 heterocycles. The number of sulfonamides is 1. The van der Waals surface area contributed by atoms with Crippen LogP contribution in [0.15, 0.2) is 77.3 Å². The lowest BCUT2D eigenvalue weighted by Crippen LogP contribution is -2.54. The van der Waals surface area contributed by atoms with E-state index in [0.717, 1.165) is 16.1 Å². The summed E-state index contributed by atoms with van der Waals surface area (Å²) in [7, 11) is -3.88. The van der Waals surface area contributed by atoms with Crippen molar-refractivity contribution in [1.82, 2.24) is 10.2 Å². The van der Waals surface area contributed by atoms with Crippen molar-refractivity contribution in [2.75, 3.05) is 17.1 Å². The predicted octanol–water partition coefficient (Wildman–Crippen LogP) is 5.69. The smallest absolute Gasteiger partial charge is 0.244 e. The molecule has 0 spiro atoms. The highest BCUT2D eigenvalue weighted by Crippen LogP contribution is 2.30. The molecule has 3 aromatic carbocycles. The van der Waals surface area contributed by atoms with Crippen LogP contribution in [-0.4, -0.2) is 50.0 Å². The molecular formula is C28H30BrCl2N3O4S. The summed E-state index contributed by atoms with van der Waals surface area (Å²) in [5.74, 6) is -0.968. The van der Waals surface area contributed by atoms with Gasteiger partial charge in [-0.1, -0.05) is 71.7 Å². The lowest BCUT2D eigenvalue weighted by molar-refractivity contribution is -0.140. The van der Waals surface area contributed by atoms with Gasteiger partial charge < -0.3 is 10.2 Å². The first kappa shape index (κ1) is 30.9. The number of rotatable bonds is 11. The monoisotopic (exact) mass is 653 g/mol. The second-order valence-corrected chi connectivity index (χ2v) is 12.9. The van der Waals surface area contributed by atoms with Crippen LogP contribution in [0.3, 0.4) is 0 Å². The van der Waals surface area contributed by atoms with Crippen LogP contribution >= 0.6 is 39.1 Å². The van der Waals surface area contributed by atoms with Crippen molar-refractivity contribution >= 4 is 66.7 Å². The first-order valence-electron chi connectivity index (χ1n) is 12.2. The third-order valence-corrected chi connectivity index (χ3v) is 8.40. The number of halogens is 3. The van der Waals surface area contributed by atoms with Crippen LogP contribution < -0.4 is 9.62 Å². The Morgan fingerprint density at radius 3 is 2.08 bits per heavy atom. The molecule has 1 N–H and O–H groups in total. The Balaban J connectivity index is 2.11. The van der Waals surface area contributed by atoms with Crippen LogP contribution in [0.5, 0.6) is 0 Å². The van der Waals surface area contributed by atoms with Gasteiger partial charge >= 0.3 is 0 Å². The van der Waals surface area contributed by atoms with Gasteiger partial charge in [0.25, 0.3) is 0 Å². The van der Waals surface area contributed by atoms with E-state index in [4.69, 9.17) is 23.2 Å². The van der Waals surface area contributed by atoms with Crippen molar-refractivity contribution in [2.45, 2.75) is 38.9 Å². The molecule has 7 nitrogen and oxygen atoms in total. The molecule has 1 unspecified atom stereocenters. The Kier molecular flexibility index (Phi) is 10.8. The van der Waals surface area contributed by atoms with Gasteiger partial charge in [-0.3, -0.25) is 13.9 Å². The van der Waals surface area contributed by atoms with Gasteiger partial charge in [0.15, 0.2) is 0 Å². The fraction of sp³-hybridized carbons (Fsp3) is 0.286. The summed E-state index contributed by atoms with van der Waals surface area (Å²) in [6.07, 6.45) is 1.23. The molecule has 0 aliphatic carbocycles. The van der Waals surface area contributed by atoms with Crippen LogP contribution in [0.4, 0.5) is 5.69 Å². The molecule has 11 heteroatoms. The standard InChI is InChI=1S/C28H30BrCl2N3O4S/c1-19(2)32-28(36)26(16-20-10-5-4-6-11-20)33(17-21-23(30)13-9-14-24(21)31)27(35)18-34(39(3,37)38)25-15-8-7-12-22(25)29/h4-15,19,26H,16-18H2,1-3H3,(H,32,36). The molecule has 0 aliphatic rings. The summed E-state index contributed by atoms with van der Waals surface area (Å²) in [5.41, 5.74) is 1.59. The van der Waals surface area contributed by atoms with Gasteiger partial charge in [0.1, 0.15) is 12.6 Å². The molecule has 0 radical (unpaired) electrons. The van der Waals surface area contributed by atoms with E-state index in [1.165, 1.54) is 4.90 Å². The van der Waals surface area contributed by atoms with Crippen LogP contribution in [0.25, 0.3) is 0 Å². The Morgan fingerprint density at radius 2 is 1.51 bits per heavy atom. The summed E-state index contributed by atoms with van der Waals surface area (Å²) in [4.78, 5) is 29.0. The first-order valence-corrected chi connectivity index (χ1v) is 15.6. The Bertz CT molecular complexity index is 1400.